The minimum atomic E-state index is -0.140. The third-order valence-corrected chi connectivity index (χ3v) is 3.46. The minimum Gasteiger partial charge on any atom is -0.487 e. The number of amides is 1. The summed E-state index contributed by atoms with van der Waals surface area (Å²) in [5, 5.41) is 5.92. The van der Waals surface area contributed by atoms with Gasteiger partial charge in [0.1, 0.15) is 12.4 Å². The van der Waals surface area contributed by atoms with E-state index >= 15 is 0 Å². The molecule has 2 rings (SSSR count). The van der Waals surface area contributed by atoms with Crippen molar-refractivity contribution in [3.8, 4) is 5.75 Å². The lowest BCUT2D eigenvalue weighted by molar-refractivity contribution is -0.114. The number of carbonyl (C=O) groups is 1. The van der Waals surface area contributed by atoms with Crippen LogP contribution in [0, 0.1) is 0 Å². The molecule has 0 saturated carbocycles. The van der Waals surface area contributed by atoms with E-state index in [9.17, 15) is 4.79 Å². The van der Waals surface area contributed by atoms with Crippen molar-refractivity contribution in [2.24, 2.45) is 0 Å². The molecule has 4 nitrogen and oxygen atoms in total. The van der Waals surface area contributed by atoms with E-state index in [1.165, 1.54) is 0 Å². The van der Waals surface area contributed by atoms with Crippen LogP contribution in [0.15, 0.2) is 65.2 Å². The number of ether oxygens (including phenoxy) is 1. The molecule has 0 saturated heterocycles. The van der Waals surface area contributed by atoms with E-state index in [-0.39, 0.29) is 12.5 Å². The Hall–Kier alpha value is -2.27. The zero-order chi connectivity index (χ0) is 16.7. The summed E-state index contributed by atoms with van der Waals surface area (Å²) >= 11 is 3.38. The average Bonchev–Trinajstić information content (AvgIpc) is 2.53. The first kappa shape index (κ1) is 17.1. The van der Waals surface area contributed by atoms with E-state index in [1.807, 2.05) is 55.5 Å². The number of halogens is 1. The fraction of sp³-hybridized carbons (Fsp3) is 0.167. The lowest BCUT2D eigenvalue weighted by Crippen LogP contribution is -2.22. The van der Waals surface area contributed by atoms with Gasteiger partial charge in [-0.3, -0.25) is 4.79 Å². The Morgan fingerprint density at radius 1 is 1.17 bits per heavy atom. The molecule has 0 atom stereocenters. The van der Waals surface area contributed by atoms with Gasteiger partial charge in [-0.15, -0.1) is 0 Å². The molecule has 0 spiro atoms. The molecule has 2 N–H and O–H groups in total. The number of rotatable bonds is 7. The quantitative estimate of drug-likeness (QED) is 0.703. The number of hydrogen-bond acceptors (Lipinski definition) is 3. The van der Waals surface area contributed by atoms with Gasteiger partial charge in [-0.25, -0.2) is 0 Å². The highest BCUT2D eigenvalue weighted by molar-refractivity contribution is 9.10. The highest BCUT2D eigenvalue weighted by Gasteiger charge is 2.07. The predicted molar refractivity (Wildman–Crippen MR) is 98.0 cm³/mol. The monoisotopic (exact) mass is 374 g/mol. The summed E-state index contributed by atoms with van der Waals surface area (Å²) in [5.74, 6) is 0.492. The molecule has 0 unspecified atom stereocenters. The van der Waals surface area contributed by atoms with E-state index in [1.54, 1.807) is 0 Å². The second kappa shape index (κ2) is 8.39. The summed E-state index contributed by atoms with van der Waals surface area (Å²) in [5.41, 5.74) is 2.45. The molecule has 23 heavy (non-hydrogen) atoms. The van der Waals surface area contributed by atoms with Crippen LogP contribution in [0.5, 0.6) is 5.75 Å². The molecule has 0 aliphatic rings. The zero-order valence-corrected chi connectivity index (χ0v) is 14.5. The molecule has 0 fully saturated rings. The van der Waals surface area contributed by atoms with Gasteiger partial charge in [0, 0.05) is 10.2 Å². The van der Waals surface area contributed by atoms with Gasteiger partial charge >= 0.3 is 0 Å². The molecule has 5 heteroatoms. The molecule has 2 aromatic rings. The van der Waals surface area contributed by atoms with E-state index in [0.717, 1.165) is 15.7 Å². The minimum absolute atomic E-state index is 0.140. The predicted octanol–water partition coefficient (Wildman–Crippen LogP) is 4.45. The molecule has 120 valence electrons. The van der Waals surface area contributed by atoms with Crippen LogP contribution in [0.3, 0.4) is 0 Å². The molecule has 0 aliphatic carbocycles. The lowest BCUT2D eigenvalue weighted by Gasteiger charge is -2.13. The SMILES string of the molecule is C=C(C)COc1ccccc1NC(=O)CNc1ccc(Br)cc1. The maximum absolute atomic E-state index is 12.1. The van der Waals surface area contributed by atoms with Crippen molar-refractivity contribution in [2.75, 3.05) is 23.8 Å². The van der Waals surface area contributed by atoms with Crippen LogP contribution in [-0.2, 0) is 4.79 Å². The van der Waals surface area contributed by atoms with Gasteiger partial charge in [-0.1, -0.05) is 34.6 Å². The van der Waals surface area contributed by atoms with Crippen LogP contribution in [0.1, 0.15) is 6.92 Å². The molecular formula is C18H19BrN2O2. The highest BCUT2D eigenvalue weighted by atomic mass is 79.9. The number of anilines is 2. The first-order valence-corrected chi connectivity index (χ1v) is 7.99. The van der Waals surface area contributed by atoms with Crippen LogP contribution in [-0.4, -0.2) is 19.1 Å². The molecule has 0 bridgehead atoms. The van der Waals surface area contributed by atoms with Crippen molar-refractivity contribution in [3.05, 3.63) is 65.2 Å². The van der Waals surface area contributed by atoms with Crippen molar-refractivity contribution in [1.82, 2.24) is 0 Å². The van der Waals surface area contributed by atoms with Crippen molar-refractivity contribution < 1.29 is 9.53 Å². The summed E-state index contributed by atoms with van der Waals surface area (Å²) in [6.07, 6.45) is 0. The van der Waals surface area contributed by atoms with Gasteiger partial charge in [-0.05, 0) is 48.9 Å². The Balaban J connectivity index is 1.92. The van der Waals surface area contributed by atoms with E-state index in [4.69, 9.17) is 4.74 Å². The van der Waals surface area contributed by atoms with Crippen molar-refractivity contribution in [1.29, 1.82) is 0 Å². The third-order valence-electron chi connectivity index (χ3n) is 2.93. The first-order chi connectivity index (χ1) is 11.0. The maximum Gasteiger partial charge on any atom is 0.243 e. The van der Waals surface area contributed by atoms with Crippen molar-refractivity contribution in [3.63, 3.8) is 0 Å². The van der Waals surface area contributed by atoms with Crippen LogP contribution in [0.2, 0.25) is 0 Å². The lowest BCUT2D eigenvalue weighted by atomic mass is 10.3. The fourth-order valence-corrected chi connectivity index (χ4v) is 2.11. The number of carbonyl (C=O) groups excluding carboxylic acids is 1. The number of benzene rings is 2. The Morgan fingerprint density at radius 2 is 1.87 bits per heavy atom. The van der Waals surface area contributed by atoms with Crippen LogP contribution in [0.4, 0.5) is 11.4 Å². The molecular weight excluding hydrogens is 356 g/mol. The van der Waals surface area contributed by atoms with Crippen molar-refractivity contribution >= 4 is 33.2 Å². The van der Waals surface area contributed by atoms with E-state index in [2.05, 4.69) is 33.1 Å². The van der Waals surface area contributed by atoms with Crippen LogP contribution in [0.25, 0.3) is 0 Å². The molecule has 0 heterocycles. The Kier molecular flexibility index (Phi) is 6.23. The smallest absolute Gasteiger partial charge is 0.243 e. The third kappa shape index (κ3) is 5.79. The number of para-hydroxylation sites is 2. The maximum atomic E-state index is 12.1. The normalized spacial score (nSPS) is 10.0. The summed E-state index contributed by atoms with van der Waals surface area (Å²) in [6.45, 7) is 6.29. The number of hydrogen-bond donors (Lipinski definition) is 2. The van der Waals surface area contributed by atoms with Crippen LogP contribution < -0.4 is 15.4 Å². The molecule has 0 aliphatic heterocycles. The summed E-state index contributed by atoms with van der Waals surface area (Å²) in [6, 6.07) is 15.0. The largest absolute Gasteiger partial charge is 0.487 e. The van der Waals surface area contributed by atoms with E-state index in [0.29, 0.717) is 18.0 Å². The highest BCUT2D eigenvalue weighted by Crippen LogP contribution is 2.24. The summed E-state index contributed by atoms with van der Waals surface area (Å²) < 4.78 is 6.63. The second-order valence-corrected chi connectivity index (χ2v) is 6.07. The topological polar surface area (TPSA) is 50.4 Å². The Morgan fingerprint density at radius 3 is 2.57 bits per heavy atom. The second-order valence-electron chi connectivity index (χ2n) is 5.15. The van der Waals surface area contributed by atoms with E-state index < -0.39 is 0 Å². The van der Waals surface area contributed by atoms with Gasteiger partial charge in [0.2, 0.25) is 5.91 Å². The van der Waals surface area contributed by atoms with Gasteiger partial charge in [0.15, 0.2) is 0 Å². The zero-order valence-electron chi connectivity index (χ0n) is 12.9. The molecule has 2 aromatic carbocycles. The van der Waals surface area contributed by atoms with Crippen molar-refractivity contribution in [2.45, 2.75) is 6.92 Å². The number of nitrogens with one attached hydrogen (secondary N) is 2. The Bertz CT molecular complexity index is 684. The summed E-state index contributed by atoms with van der Waals surface area (Å²) in [4.78, 5) is 12.1. The van der Waals surface area contributed by atoms with Gasteiger partial charge in [0.05, 0.1) is 12.2 Å². The van der Waals surface area contributed by atoms with Gasteiger partial charge in [-0.2, -0.15) is 0 Å². The molecule has 0 radical (unpaired) electrons. The fourth-order valence-electron chi connectivity index (χ4n) is 1.84. The van der Waals surface area contributed by atoms with Gasteiger partial charge < -0.3 is 15.4 Å². The Labute approximate surface area is 144 Å². The van der Waals surface area contributed by atoms with Gasteiger partial charge in [0.25, 0.3) is 0 Å². The molecule has 1 amide bonds. The summed E-state index contributed by atoms with van der Waals surface area (Å²) in [7, 11) is 0. The van der Waals surface area contributed by atoms with Crippen LogP contribution >= 0.6 is 15.9 Å². The molecule has 0 aromatic heterocycles. The average molecular weight is 375 g/mol. The standard InChI is InChI=1S/C18H19BrN2O2/c1-13(2)12-23-17-6-4-3-5-16(17)21-18(22)11-20-15-9-7-14(19)8-10-15/h3-10,20H,1,11-12H2,2H3,(H,21,22). The first-order valence-electron chi connectivity index (χ1n) is 7.20.